The van der Waals surface area contributed by atoms with Gasteiger partial charge in [0, 0.05) is 7.05 Å². The van der Waals surface area contributed by atoms with Crippen LogP contribution in [-0.4, -0.2) is 23.9 Å². The number of hydrogen-bond acceptors (Lipinski definition) is 1. The van der Waals surface area contributed by atoms with Gasteiger partial charge in [0.05, 0.1) is 6.04 Å². The molecule has 0 aromatic rings. The molecule has 0 aliphatic carbocycles. The van der Waals surface area contributed by atoms with E-state index in [0.717, 1.165) is 0 Å². The Morgan fingerprint density at radius 3 is 2.64 bits per heavy atom. The van der Waals surface area contributed by atoms with Gasteiger partial charge in [0.15, 0.2) is 0 Å². The van der Waals surface area contributed by atoms with Crippen LogP contribution in [-0.2, 0) is 4.79 Å². The van der Waals surface area contributed by atoms with E-state index in [0.29, 0.717) is 0 Å². The summed E-state index contributed by atoms with van der Waals surface area (Å²) in [6.45, 7) is 3.60. The summed E-state index contributed by atoms with van der Waals surface area (Å²) in [4.78, 5) is 12.6. The van der Waals surface area contributed by atoms with E-state index in [1.807, 2.05) is 0 Å². The monoisotopic (exact) mass is 151 g/mol. The summed E-state index contributed by atoms with van der Waals surface area (Å²) in [6.07, 6.45) is 8.33. The number of allylic oxidation sites excluding steroid dienone is 1. The van der Waals surface area contributed by atoms with E-state index in [4.69, 9.17) is 6.42 Å². The van der Waals surface area contributed by atoms with E-state index in [2.05, 4.69) is 5.92 Å². The molecule has 11 heavy (non-hydrogen) atoms. The van der Waals surface area contributed by atoms with Gasteiger partial charge in [-0.1, -0.05) is 12.0 Å². The number of amides is 1. The Balaban J connectivity index is 4.15. The molecule has 0 saturated heterocycles. The maximum atomic E-state index is 11.1. The second-order valence-electron chi connectivity index (χ2n) is 2.29. The van der Waals surface area contributed by atoms with Gasteiger partial charge in [-0.15, -0.1) is 6.42 Å². The average molecular weight is 151 g/mol. The Morgan fingerprint density at radius 1 is 1.73 bits per heavy atom. The van der Waals surface area contributed by atoms with Crippen LogP contribution >= 0.6 is 0 Å². The fourth-order valence-electron chi connectivity index (χ4n) is 0.563. The van der Waals surface area contributed by atoms with E-state index < -0.39 is 0 Å². The zero-order chi connectivity index (χ0) is 8.85. The van der Waals surface area contributed by atoms with E-state index in [1.54, 1.807) is 27.0 Å². The molecule has 2 nitrogen and oxygen atoms in total. The molecule has 1 atom stereocenters. The molecular weight excluding hydrogens is 138 g/mol. The van der Waals surface area contributed by atoms with Crippen molar-refractivity contribution in [1.29, 1.82) is 0 Å². The Kier molecular flexibility index (Phi) is 4.05. The molecule has 0 heterocycles. The van der Waals surface area contributed by atoms with Crippen LogP contribution in [0.15, 0.2) is 12.2 Å². The predicted molar refractivity (Wildman–Crippen MR) is 45.9 cm³/mol. The van der Waals surface area contributed by atoms with Gasteiger partial charge in [0.25, 0.3) is 0 Å². The number of carbonyl (C=O) groups excluding carboxylic acids is 1. The molecule has 0 aliphatic rings. The van der Waals surface area contributed by atoms with Gasteiger partial charge in [0.2, 0.25) is 5.91 Å². The van der Waals surface area contributed by atoms with Crippen LogP contribution in [0, 0.1) is 12.3 Å². The first-order valence-corrected chi connectivity index (χ1v) is 3.49. The number of likely N-dealkylation sites (N-methyl/N-ethyl adjacent to an activating group) is 1. The third-order valence-corrected chi connectivity index (χ3v) is 1.48. The van der Waals surface area contributed by atoms with Crippen molar-refractivity contribution in [2.75, 3.05) is 7.05 Å². The highest BCUT2D eigenvalue weighted by molar-refractivity contribution is 5.87. The molecule has 0 aliphatic heterocycles. The molecule has 0 spiro atoms. The van der Waals surface area contributed by atoms with Crippen LogP contribution in [0.25, 0.3) is 0 Å². The summed E-state index contributed by atoms with van der Waals surface area (Å²) in [6, 6.07) is -0.140. The summed E-state index contributed by atoms with van der Waals surface area (Å²) in [5, 5.41) is 0. The highest BCUT2D eigenvalue weighted by Crippen LogP contribution is 1.94. The molecule has 2 heteroatoms. The SMILES string of the molecule is C#CC(C)N(C)C(=O)/C=C/C. The minimum atomic E-state index is -0.140. The minimum Gasteiger partial charge on any atom is -0.329 e. The van der Waals surface area contributed by atoms with Crippen LogP contribution in [0.1, 0.15) is 13.8 Å². The van der Waals surface area contributed by atoms with Crippen molar-refractivity contribution in [1.82, 2.24) is 4.90 Å². The van der Waals surface area contributed by atoms with Crippen molar-refractivity contribution < 1.29 is 4.79 Å². The van der Waals surface area contributed by atoms with Crippen LogP contribution < -0.4 is 0 Å². The molecule has 0 bridgehead atoms. The maximum absolute atomic E-state index is 11.1. The number of carbonyl (C=O) groups is 1. The van der Waals surface area contributed by atoms with Gasteiger partial charge in [0.1, 0.15) is 0 Å². The molecular formula is C9H13NO. The van der Waals surface area contributed by atoms with E-state index in [-0.39, 0.29) is 11.9 Å². The van der Waals surface area contributed by atoms with Crippen LogP contribution in [0.5, 0.6) is 0 Å². The van der Waals surface area contributed by atoms with Crippen molar-refractivity contribution in [2.24, 2.45) is 0 Å². The molecule has 1 unspecified atom stereocenters. The van der Waals surface area contributed by atoms with E-state index in [1.165, 1.54) is 11.0 Å². The van der Waals surface area contributed by atoms with Gasteiger partial charge in [-0.3, -0.25) is 4.79 Å². The smallest absolute Gasteiger partial charge is 0.246 e. The third kappa shape index (κ3) is 2.90. The van der Waals surface area contributed by atoms with Crippen molar-refractivity contribution in [3.63, 3.8) is 0 Å². The highest BCUT2D eigenvalue weighted by Gasteiger charge is 2.08. The highest BCUT2D eigenvalue weighted by atomic mass is 16.2. The fourth-order valence-corrected chi connectivity index (χ4v) is 0.563. The lowest BCUT2D eigenvalue weighted by atomic mass is 10.3. The number of hydrogen-bond donors (Lipinski definition) is 0. The zero-order valence-corrected chi connectivity index (χ0v) is 7.16. The second kappa shape index (κ2) is 4.56. The quantitative estimate of drug-likeness (QED) is 0.426. The standard InChI is InChI=1S/C9H13NO/c1-5-7-9(11)10(4)8(3)6-2/h2,5,7-8H,1,3-4H3/b7-5+. The first-order chi connectivity index (χ1) is 5.13. The lowest BCUT2D eigenvalue weighted by molar-refractivity contribution is -0.125. The van der Waals surface area contributed by atoms with Gasteiger partial charge in [-0.05, 0) is 19.9 Å². The average Bonchev–Trinajstić information content (AvgIpc) is 2.02. The summed E-state index contributed by atoms with van der Waals surface area (Å²) in [5.41, 5.74) is 0. The Morgan fingerprint density at radius 2 is 2.27 bits per heavy atom. The summed E-state index contributed by atoms with van der Waals surface area (Å²) >= 11 is 0. The lowest BCUT2D eigenvalue weighted by Gasteiger charge is -2.18. The van der Waals surface area contributed by atoms with Gasteiger partial charge in [-0.25, -0.2) is 0 Å². The molecule has 1 amide bonds. The van der Waals surface area contributed by atoms with Crippen LogP contribution in [0.4, 0.5) is 0 Å². The number of nitrogens with zero attached hydrogens (tertiary/aromatic N) is 1. The first kappa shape index (κ1) is 9.77. The van der Waals surface area contributed by atoms with Gasteiger partial charge in [-0.2, -0.15) is 0 Å². The Bertz CT molecular complexity index is 200. The van der Waals surface area contributed by atoms with Crippen LogP contribution in [0.2, 0.25) is 0 Å². The largest absolute Gasteiger partial charge is 0.329 e. The summed E-state index contributed by atoms with van der Waals surface area (Å²) in [7, 11) is 1.69. The third-order valence-electron chi connectivity index (χ3n) is 1.48. The molecule has 0 aromatic heterocycles. The normalized spacial score (nSPS) is 12.5. The molecule has 60 valence electrons. The first-order valence-electron chi connectivity index (χ1n) is 3.49. The van der Waals surface area contributed by atoms with Crippen molar-refractivity contribution in [3.8, 4) is 12.3 Å². The predicted octanol–water partition coefficient (Wildman–Crippen LogP) is 1.04. The Labute approximate surface area is 67.9 Å². The molecule has 0 radical (unpaired) electrons. The Hall–Kier alpha value is -1.23. The van der Waals surface area contributed by atoms with Crippen molar-refractivity contribution in [3.05, 3.63) is 12.2 Å². The molecule has 0 rings (SSSR count). The summed E-state index contributed by atoms with van der Waals surface area (Å²) < 4.78 is 0. The molecule has 0 N–H and O–H groups in total. The second-order valence-corrected chi connectivity index (χ2v) is 2.29. The van der Waals surface area contributed by atoms with Crippen LogP contribution in [0.3, 0.4) is 0 Å². The summed E-state index contributed by atoms with van der Waals surface area (Å²) in [5.74, 6) is 2.42. The van der Waals surface area contributed by atoms with Gasteiger partial charge >= 0.3 is 0 Å². The number of rotatable bonds is 2. The maximum Gasteiger partial charge on any atom is 0.246 e. The molecule has 0 fully saturated rings. The topological polar surface area (TPSA) is 20.3 Å². The lowest BCUT2D eigenvalue weighted by Crippen LogP contribution is -2.32. The van der Waals surface area contributed by atoms with Crippen molar-refractivity contribution >= 4 is 5.91 Å². The fraction of sp³-hybridized carbons (Fsp3) is 0.444. The van der Waals surface area contributed by atoms with E-state index >= 15 is 0 Å². The minimum absolute atomic E-state index is 0.0575. The zero-order valence-electron chi connectivity index (χ0n) is 7.16. The van der Waals surface area contributed by atoms with E-state index in [9.17, 15) is 4.79 Å². The molecule has 0 aromatic carbocycles. The van der Waals surface area contributed by atoms with Gasteiger partial charge < -0.3 is 4.90 Å². The van der Waals surface area contributed by atoms with Crippen molar-refractivity contribution in [2.45, 2.75) is 19.9 Å². The molecule has 0 saturated carbocycles. The number of terminal acetylenes is 1.